The van der Waals surface area contributed by atoms with Gasteiger partial charge in [-0.25, -0.2) is 4.79 Å². The molecule has 0 aliphatic rings. The predicted molar refractivity (Wildman–Crippen MR) is 69.8 cm³/mol. The highest BCUT2D eigenvalue weighted by Crippen LogP contribution is 2.17. The number of aliphatic hydroxyl groups excluding tert-OH is 1. The normalized spacial score (nSPS) is 11.5. The Bertz CT molecular complexity index is 445. The number of rotatable bonds is 8. The Morgan fingerprint density at radius 2 is 1.75 bits per heavy atom. The van der Waals surface area contributed by atoms with E-state index in [1.807, 2.05) is 6.92 Å². The molecule has 20 heavy (non-hydrogen) atoms. The summed E-state index contributed by atoms with van der Waals surface area (Å²) in [4.78, 5) is 21.7. The van der Waals surface area contributed by atoms with Crippen molar-refractivity contribution in [3.8, 4) is 11.5 Å². The Morgan fingerprint density at radius 3 is 2.25 bits per heavy atom. The van der Waals surface area contributed by atoms with E-state index in [9.17, 15) is 9.59 Å². The van der Waals surface area contributed by atoms with Crippen LogP contribution in [-0.2, 0) is 9.59 Å². The zero-order valence-corrected chi connectivity index (χ0v) is 11.0. The molecule has 1 aromatic carbocycles. The van der Waals surface area contributed by atoms with Crippen molar-refractivity contribution >= 4 is 11.9 Å². The molecule has 7 heteroatoms. The number of carboxylic acid groups (broad SMARTS) is 1. The van der Waals surface area contributed by atoms with Crippen LogP contribution in [0.25, 0.3) is 0 Å². The Kier molecular flexibility index (Phi) is 6.31. The molecule has 0 saturated heterocycles. The Labute approximate surface area is 116 Å². The molecule has 110 valence electrons. The maximum absolute atomic E-state index is 11.3. The average Bonchev–Trinajstić information content (AvgIpc) is 2.44. The van der Waals surface area contributed by atoms with Crippen molar-refractivity contribution in [2.24, 2.45) is 0 Å². The number of aliphatic hydroxyl groups is 1. The van der Waals surface area contributed by atoms with Gasteiger partial charge in [0, 0.05) is 0 Å². The fourth-order valence-electron chi connectivity index (χ4n) is 1.30. The summed E-state index contributed by atoms with van der Waals surface area (Å²) < 4.78 is 10.5. The van der Waals surface area contributed by atoms with Gasteiger partial charge in [0.1, 0.15) is 11.5 Å². The third kappa shape index (κ3) is 5.57. The van der Waals surface area contributed by atoms with Gasteiger partial charge in [-0.15, -0.1) is 0 Å². The van der Waals surface area contributed by atoms with Gasteiger partial charge in [0.25, 0.3) is 5.91 Å². The molecule has 0 bridgehead atoms. The molecule has 0 aliphatic heterocycles. The van der Waals surface area contributed by atoms with E-state index in [0.29, 0.717) is 18.1 Å². The van der Waals surface area contributed by atoms with Crippen LogP contribution in [0.1, 0.15) is 6.92 Å². The second-order valence-corrected chi connectivity index (χ2v) is 3.85. The van der Waals surface area contributed by atoms with Crippen LogP contribution in [0.2, 0.25) is 0 Å². The topological polar surface area (TPSA) is 105 Å². The molecule has 0 aliphatic carbocycles. The standard InChI is InChI=1S/C13H17NO6/c1-2-19-9-3-5-10(6-4-9)20-8-12(16)14-7-11(15)13(17)18/h3-6,11,15H,2,7-8H2,1H3,(H,14,16)(H,17,18). The van der Waals surface area contributed by atoms with Crippen LogP contribution in [0.3, 0.4) is 0 Å². The molecule has 1 rings (SSSR count). The minimum atomic E-state index is -1.62. The van der Waals surface area contributed by atoms with Gasteiger partial charge < -0.3 is 25.0 Å². The molecular weight excluding hydrogens is 266 g/mol. The zero-order chi connectivity index (χ0) is 15.0. The number of carboxylic acids is 1. The van der Waals surface area contributed by atoms with Gasteiger partial charge in [0.2, 0.25) is 0 Å². The van der Waals surface area contributed by atoms with E-state index in [4.69, 9.17) is 19.7 Å². The highest BCUT2D eigenvalue weighted by Gasteiger charge is 2.14. The van der Waals surface area contributed by atoms with Crippen molar-refractivity contribution in [2.45, 2.75) is 13.0 Å². The fraction of sp³-hybridized carbons (Fsp3) is 0.385. The summed E-state index contributed by atoms with van der Waals surface area (Å²) >= 11 is 0. The van der Waals surface area contributed by atoms with E-state index in [2.05, 4.69) is 5.32 Å². The summed E-state index contributed by atoms with van der Waals surface area (Å²) in [5.41, 5.74) is 0. The quantitative estimate of drug-likeness (QED) is 0.621. The first kappa shape index (κ1) is 15.8. The van der Waals surface area contributed by atoms with Crippen molar-refractivity contribution < 1.29 is 29.3 Å². The summed E-state index contributed by atoms with van der Waals surface area (Å²) in [6.45, 7) is 1.82. The molecular formula is C13H17NO6. The molecule has 0 spiro atoms. The third-order valence-corrected chi connectivity index (χ3v) is 2.28. The first-order valence-electron chi connectivity index (χ1n) is 6.06. The van der Waals surface area contributed by atoms with Crippen LogP contribution < -0.4 is 14.8 Å². The maximum atomic E-state index is 11.3. The summed E-state index contributed by atoms with van der Waals surface area (Å²) in [5, 5.41) is 19.6. The highest BCUT2D eigenvalue weighted by molar-refractivity contribution is 5.79. The number of ether oxygens (including phenoxy) is 2. The lowest BCUT2D eigenvalue weighted by Crippen LogP contribution is -2.38. The first-order valence-corrected chi connectivity index (χ1v) is 6.06. The molecule has 0 radical (unpaired) electrons. The number of nitrogens with one attached hydrogen (secondary N) is 1. The van der Waals surface area contributed by atoms with E-state index in [0.717, 1.165) is 0 Å². The van der Waals surface area contributed by atoms with Crippen LogP contribution in [0.5, 0.6) is 11.5 Å². The molecule has 7 nitrogen and oxygen atoms in total. The average molecular weight is 283 g/mol. The summed E-state index contributed by atoms with van der Waals surface area (Å²) in [6.07, 6.45) is -1.62. The number of hydrogen-bond donors (Lipinski definition) is 3. The number of carbonyl (C=O) groups is 2. The van der Waals surface area contributed by atoms with Crippen molar-refractivity contribution in [2.75, 3.05) is 19.8 Å². The minimum Gasteiger partial charge on any atom is -0.494 e. The smallest absolute Gasteiger partial charge is 0.334 e. The van der Waals surface area contributed by atoms with Crippen LogP contribution in [0, 0.1) is 0 Å². The largest absolute Gasteiger partial charge is 0.494 e. The van der Waals surface area contributed by atoms with Crippen LogP contribution in [0.15, 0.2) is 24.3 Å². The lowest BCUT2D eigenvalue weighted by Gasteiger charge is -2.09. The number of benzene rings is 1. The molecule has 3 N–H and O–H groups in total. The van der Waals surface area contributed by atoms with Gasteiger partial charge >= 0.3 is 5.97 Å². The molecule has 0 fully saturated rings. The van der Waals surface area contributed by atoms with Gasteiger partial charge in [-0.1, -0.05) is 0 Å². The number of carbonyl (C=O) groups excluding carboxylic acids is 1. The molecule has 0 saturated carbocycles. The first-order chi connectivity index (χ1) is 9.52. The summed E-state index contributed by atoms with van der Waals surface area (Å²) in [7, 11) is 0. The number of amides is 1. The fourth-order valence-corrected chi connectivity index (χ4v) is 1.30. The number of hydrogen-bond acceptors (Lipinski definition) is 5. The van der Waals surface area contributed by atoms with Crippen LogP contribution in [0.4, 0.5) is 0 Å². The SMILES string of the molecule is CCOc1ccc(OCC(=O)NCC(O)C(=O)O)cc1. The van der Waals surface area contributed by atoms with Crippen molar-refractivity contribution in [1.29, 1.82) is 0 Å². The molecule has 1 unspecified atom stereocenters. The summed E-state index contributed by atoms with van der Waals surface area (Å²) in [6, 6.07) is 6.74. The molecule has 0 heterocycles. The van der Waals surface area contributed by atoms with Crippen LogP contribution >= 0.6 is 0 Å². The van der Waals surface area contributed by atoms with E-state index in [1.54, 1.807) is 24.3 Å². The van der Waals surface area contributed by atoms with E-state index in [-0.39, 0.29) is 13.2 Å². The van der Waals surface area contributed by atoms with Gasteiger partial charge in [-0.2, -0.15) is 0 Å². The molecule has 1 atom stereocenters. The van der Waals surface area contributed by atoms with Crippen molar-refractivity contribution in [3.63, 3.8) is 0 Å². The Hall–Kier alpha value is -2.28. The summed E-state index contributed by atoms with van der Waals surface area (Å²) in [5.74, 6) is -0.715. The van der Waals surface area contributed by atoms with Crippen molar-refractivity contribution in [1.82, 2.24) is 5.32 Å². The van der Waals surface area contributed by atoms with Gasteiger partial charge in [0.15, 0.2) is 12.7 Å². The second-order valence-electron chi connectivity index (χ2n) is 3.85. The lowest BCUT2D eigenvalue weighted by molar-refractivity contribution is -0.146. The van der Waals surface area contributed by atoms with Crippen molar-refractivity contribution in [3.05, 3.63) is 24.3 Å². The van der Waals surface area contributed by atoms with Gasteiger partial charge in [-0.3, -0.25) is 4.79 Å². The highest BCUT2D eigenvalue weighted by atomic mass is 16.5. The monoisotopic (exact) mass is 283 g/mol. The second kappa shape index (κ2) is 8.00. The van der Waals surface area contributed by atoms with E-state index in [1.165, 1.54) is 0 Å². The minimum absolute atomic E-state index is 0.264. The van der Waals surface area contributed by atoms with Crippen LogP contribution in [-0.4, -0.2) is 48.0 Å². The van der Waals surface area contributed by atoms with Gasteiger partial charge in [0.05, 0.1) is 13.2 Å². The maximum Gasteiger partial charge on any atom is 0.334 e. The Balaban J connectivity index is 2.31. The molecule has 1 aromatic rings. The predicted octanol–water partition coefficient (Wildman–Crippen LogP) is 0.0258. The lowest BCUT2D eigenvalue weighted by atomic mass is 10.3. The number of aliphatic carboxylic acids is 1. The van der Waals surface area contributed by atoms with E-state index < -0.39 is 18.0 Å². The zero-order valence-electron chi connectivity index (χ0n) is 11.0. The van der Waals surface area contributed by atoms with E-state index >= 15 is 0 Å². The molecule has 0 aromatic heterocycles. The third-order valence-electron chi connectivity index (χ3n) is 2.28. The molecule has 1 amide bonds. The Morgan fingerprint density at radius 1 is 1.20 bits per heavy atom. The van der Waals surface area contributed by atoms with Gasteiger partial charge in [-0.05, 0) is 31.2 Å².